The molecule has 1 aliphatic heterocycles. The van der Waals surface area contributed by atoms with Gasteiger partial charge in [0.25, 0.3) is 5.56 Å². The van der Waals surface area contributed by atoms with Gasteiger partial charge in [0, 0.05) is 62.6 Å². The third kappa shape index (κ3) is 5.39. The van der Waals surface area contributed by atoms with Gasteiger partial charge in [-0.3, -0.25) is 9.69 Å². The van der Waals surface area contributed by atoms with Crippen LogP contribution >= 0.6 is 0 Å². The van der Waals surface area contributed by atoms with Crippen molar-refractivity contribution in [3.05, 3.63) is 64.7 Å². The molecule has 1 aliphatic rings. The molecule has 4 aromatic rings. The second kappa shape index (κ2) is 11.5. The highest BCUT2D eigenvalue weighted by atomic mass is 16.5. The Morgan fingerprint density at radius 2 is 1.87 bits per heavy atom. The molecular formula is C28H32N8O2. The molecule has 10 nitrogen and oxygen atoms in total. The van der Waals surface area contributed by atoms with Crippen LogP contribution in [0.5, 0.6) is 0 Å². The number of hydrogen-bond acceptors (Lipinski definition) is 8. The lowest BCUT2D eigenvalue weighted by atomic mass is 10.2. The Balaban J connectivity index is 1.34. The number of hydrogen-bond donors (Lipinski definition) is 1. The first-order chi connectivity index (χ1) is 18.6. The largest absolute Gasteiger partial charge is 0.380 e. The van der Waals surface area contributed by atoms with Gasteiger partial charge in [-0.05, 0) is 50.2 Å². The summed E-state index contributed by atoms with van der Waals surface area (Å²) in [6, 6.07) is 13.8. The zero-order valence-corrected chi connectivity index (χ0v) is 21.8. The van der Waals surface area contributed by atoms with E-state index in [4.69, 9.17) is 11.2 Å². The first kappa shape index (κ1) is 25.4. The van der Waals surface area contributed by atoms with Crippen LogP contribution in [0.1, 0.15) is 12.6 Å². The van der Waals surface area contributed by atoms with Crippen LogP contribution in [0.3, 0.4) is 0 Å². The summed E-state index contributed by atoms with van der Waals surface area (Å²) in [6.07, 6.45) is 7.09. The summed E-state index contributed by atoms with van der Waals surface area (Å²) < 4.78 is 8.60. The molecule has 0 amide bonds. The fourth-order valence-electron chi connectivity index (χ4n) is 4.65. The van der Waals surface area contributed by atoms with Crippen LogP contribution in [-0.2, 0) is 11.3 Å². The lowest BCUT2D eigenvalue weighted by Crippen LogP contribution is -2.47. The minimum Gasteiger partial charge on any atom is -0.380 e. The van der Waals surface area contributed by atoms with Gasteiger partial charge in [-0.25, -0.2) is 19.3 Å². The van der Waals surface area contributed by atoms with Gasteiger partial charge in [-0.15, -0.1) is 6.42 Å². The Bertz CT molecular complexity index is 1490. The maximum atomic E-state index is 13.0. The number of rotatable bonds is 9. The van der Waals surface area contributed by atoms with E-state index in [-0.39, 0.29) is 12.1 Å². The standard InChI is InChI=1S/C28H32N8O2/c1-4-13-35-27(37)24-20-29-28(32-26(24)36(35)25-8-6-7-21(3)30-25)31-22-9-11-23(12-10-22)34-16-14-33(15-17-34)18-19-38-5-2/h1,6-12,20H,5,13-19H2,2-3H3,(H,29,31,32). The highest BCUT2D eigenvalue weighted by Gasteiger charge is 2.19. The van der Waals surface area contributed by atoms with Crippen LogP contribution in [-0.4, -0.2) is 75.2 Å². The summed E-state index contributed by atoms with van der Waals surface area (Å²) in [5, 5.41) is 3.64. The molecule has 5 rings (SSSR count). The number of aryl methyl sites for hydroxylation is 1. The molecule has 1 fully saturated rings. The van der Waals surface area contributed by atoms with Crippen LogP contribution < -0.4 is 15.8 Å². The first-order valence-electron chi connectivity index (χ1n) is 12.9. The molecule has 4 heterocycles. The summed E-state index contributed by atoms with van der Waals surface area (Å²) in [5.74, 6) is 3.50. The van der Waals surface area contributed by atoms with E-state index in [9.17, 15) is 4.79 Å². The maximum Gasteiger partial charge on any atom is 0.279 e. The Hall–Kier alpha value is -4.20. The smallest absolute Gasteiger partial charge is 0.279 e. The van der Waals surface area contributed by atoms with E-state index < -0.39 is 0 Å². The van der Waals surface area contributed by atoms with E-state index >= 15 is 0 Å². The molecule has 0 radical (unpaired) electrons. The summed E-state index contributed by atoms with van der Waals surface area (Å²) >= 11 is 0. The minimum absolute atomic E-state index is 0.0931. The van der Waals surface area contributed by atoms with E-state index in [2.05, 4.69) is 48.1 Å². The lowest BCUT2D eigenvalue weighted by Gasteiger charge is -2.36. The average Bonchev–Trinajstić information content (AvgIpc) is 3.20. The monoisotopic (exact) mass is 512 g/mol. The second-order valence-corrected chi connectivity index (χ2v) is 9.14. The maximum absolute atomic E-state index is 13.0. The molecule has 196 valence electrons. The predicted molar refractivity (Wildman–Crippen MR) is 149 cm³/mol. The Kier molecular flexibility index (Phi) is 7.67. The number of piperazine rings is 1. The van der Waals surface area contributed by atoms with Gasteiger partial charge in [0.05, 0.1) is 6.61 Å². The van der Waals surface area contributed by atoms with Gasteiger partial charge < -0.3 is 15.0 Å². The van der Waals surface area contributed by atoms with Crippen molar-refractivity contribution in [3.63, 3.8) is 0 Å². The Morgan fingerprint density at radius 3 is 2.58 bits per heavy atom. The normalized spacial score (nSPS) is 14.1. The molecule has 0 unspecified atom stereocenters. The van der Waals surface area contributed by atoms with E-state index in [1.807, 2.05) is 44.2 Å². The van der Waals surface area contributed by atoms with Crippen molar-refractivity contribution in [2.75, 3.05) is 56.2 Å². The summed E-state index contributed by atoms with van der Waals surface area (Å²) in [7, 11) is 0. The van der Waals surface area contributed by atoms with Gasteiger partial charge in [0.1, 0.15) is 11.9 Å². The van der Waals surface area contributed by atoms with Gasteiger partial charge in [0.15, 0.2) is 11.5 Å². The number of pyridine rings is 1. The number of terminal acetylenes is 1. The van der Waals surface area contributed by atoms with Gasteiger partial charge in [-0.2, -0.15) is 4.98 Å². The fourth-order valence-corrected chi connectivity index (χ4v) is 4.65. The number of aromatic nitrogens is 5. The third-order valence-electron chi connectivity index (χ3n) is 6.62. The molecule has 10 heteroatoms. The molecule has 1 aromatic carbocycles. The first-order valence-corrected chi connectivity index (χ1v) is 12.9. The van der Waals surface area contributed by atoms with E-state index in [1.54, 1.807) is 4.68 Å². The summed E-state index contributed by atoms with van der Waals surface area (Å²) in [6.45, 7) is 10.6. The number of anilines is 3. The SMILES string of the molecule is C#CCn1c(=O)c2cnc(Nc3ccc(N4CCN(CCOCC)CC4)cc3)nc2n1-c1cccc(C)n1. The molecule has 1 saturated heterocycles. The molecule has 3 aromatic heterocycles. The van der Waals surface area contributed by atoms with Gasteiger partial charge >= 0.3 is 0 Å². The zero-order valence-electron chi connectivity index (χ0n) is 21.8. The van der Waals surface area contributed by atoms with Crippen LogP contribution in [0.15, 0.2) is 53.5 Å². The van der Waals surface area contributed by atoms with E-state index in [0.717, 1.165) is 57.3 Å². The summed E-state index contributed by atoms with van der Waals surface area (Å²) in [4.78, 5) is 31.5. The average molecular weight is 513 g/mol. The van der Waals surface area contributed by atoms with Crippen molar-refractivity contribution in [2.45, 2.75) is 20.4 Å². The topological polar surface area (TPSA) is 93.3 Å². The van der Waals surface area contributed by atoms with E-state index in [0.29, 0.717) is 22.8 Å². The number of nitrogens with one attached hydrogen (secondary N) is 1. The lowest BCUT2D eigenvalue weighted by molar-refractivity contribution is 0.111. The van der Waals surface area contributed by atoms with Gasteiger partial charge in [-0.1, -0.05) is 12.0 Å². The third-order valence-corrected chi connectivity index (χ3v) is 6.62. The molecule has 38 heavy (non-hydrogen) atoms. The fraction of sp³-hybridized carbons (Fsp3) is 0.357. The van der Waals surface area contributed by atoms with Gasteiger partial charge in [0.2, 0.25) is 5.95 Å². The number of benzene rings is 1. The second-order valence-electron chi connectivity index (χ2n) is 9.14. The Labute approximate surface area is 221 Å². The molecule has 0 aliphatic carbocycles. The Morgan fingerprint density at radius 1 is 1.08 bits per heavy atom. The molecule has 0 spiro atoms. The molecular weight excluding hydrogens is 480 g/mol. The predicted octanol–water partition coefficient (Wildman–Crippen LogP) is 2.82. The molecule has 0 atom stereocenters. The molecule has 0 saturated carbocycles. The quantitative estimate of drug-likeness (QED) is 0.270. The zero-order chi connectivity index (χ0) is 26.5. The van der Waals surface area contributed by atoms with E-state index in [1.165, 1.54) is 16.6 Å². The van der Waals surface area contributed by atoms with Crippen molar-refractivity contribution in [3.8, 4) is 18.2 Å². The number of fused-ring (bicyclic) bond motifs is 1. The van der Waals surface area contributed by atoms with Crippen LogP contribution in [0.25, 0.3) is 16.9 Å². The van der Waals surface area contributed by atoms with Crippen molar-refractivity contribution < 1.29 is 4.74 Å². The van der Waals surface area contributed by atoms with Crippen molar-refractivity contribution in [1.29, 1.82) is 0 Å². The van der Waals surface area contributed by atoms with Crippen LogP contribution in [0.4, 0.5) is 17.3 Å². The van der Waals surface area contributed by atoms with Crippen molar-refractivity contribution >= 4 is 28.4 Å². The van der Waals surface area contributed by atoms with Crippen LogP contribution in [0.2, 0.25) is 0 Å². The number of nitrogens with zero attached hydrogens (tertiary/aromatic N) is 7. The van der Waals surface area contributed by atoms with Crippen molar-refractivity contribution in [1.82, 2.24) is 29.2 Å². The van der Waals surface area contributed by atoms with Crippen LogP contribution in [0, 0.1) is 19.3 Å². The molecule has 0 bridgehead atoms. The highest BCUT2D eigenvalue weighted by Crippen LogP contribution is 2.22. The summed E-state index contributed by atoms with van der Waals surface area (Å²) in [5.41, 5.74) is 3.05. The van der Waals surface area contributed by atoms with Crippen molar-refractivity contribution in [2.24, 2.45) is 0 Å². The number of ether oxygens (including phenoxy) is 1. The molecule has 1 N–H and O–H groups in total. The highest BCUT2D eigenvalue weighted by molar-refractivity contribution is 5.77. The minimum atomic E-state index is -0.254.